The van der Waals surface area contributed by atoms with Crippen molar-refractivity contribution in [2.75, 3.05) is 20.2 Å². The minimum absolute atomic E-state index is 0.0452. The molecule has 5 nitrogen and oxygen atoms in total. The Morgan fingerprint density at radius 1 is 1.06 bits per heavy atom. The lowest BCUT2D eigenvalue weighted by atomic mass is 9.87. The molecule has 0 spiro atoms. The Morgan fingerprint density at radius 3 is 2.52 bits per heavy atom. The summed E-state index contributed by atoms with van der Waals surface area (Å²) >= 11 is 0. The third kappa shape index (κ3) is 5.99. The third-order valence-corrected chi connectivity index (χ3v) is 6.53. The van der Waals surface area contributed by atoms with Gasteiger partial charge in [-0.05, 0) is 62.0 Å². The molecule has 1 aliphatic heterocycles. The normalized spacial score (nSPS) is 15.7. The van der Waals surface area contributed by atoms with Gasteiger partial charge in [-0.25, -0.2) is 0 Å². The molecule has 4 rings (SSSR count). The summed E-state index contributed by atoms with van der Waals surface area (Å²) in [6, 6.07) is 22.1. The summed E-state index contributed by atoms with van der Waals surface area (Å²) in [4.78, 5) is 20.0. The molecule has 0 bridgehead atoms. The van der Waals surface area contributed by atoms with Gasteiger partial charge in [0, 0.05) is 18.3 Å². The largest absolute Gasteiger partial charge is 0.496 e. The summed E-state index contributed by atoms with van der Waals surface area (Å²) in [6.07, 6.45) is 4.23. The van der Waals surface area contributed by atoms with E-state index in [9.17, 15) is 4.79 Å². The van der Waals surface area contributed by atoms with Crippen molar-refractivity contribution in [1.82, 2.24) is 15.2 Å². The summed E-state index contributed by atoms with van der Waals surface area (Å²) in [5.41, 5.74) is 4.36. The van der Waals surface area contributed by atoms with E-state index in [4.69, 9.17) is 4.74 Å². The lowest BCUT2D eigenvalue weighted by molar-refractivity contribution is -0.121. The van der Waals surface area contributed by atoms with Gasteiger partial charge < -0.3 is 10.1 Å². The highest BCUT2D eigenvalue weighted by Gasteiger charge is 2.30. The summed E-state index contributed by atoms with van der Waals surface area (Å²) in [5.74, 6) is 1.39. The highest BCUT2D eigenvalue weighted by Crippen LogP contribution is 2.32. The Labute approximate surface area is 196 Å². The van der Waals surface area contributed by atoms with E-state index in [2.05, 4.69) is 40.3 Å². The maximum atomic E-state index is 12.9. The van der Waals surface area contributed by atoms with Crippen LogP contribution in [0.1, 0.15) is 41.3 Å². The number of aryl methyl sites for hydroxylation is 1. The minimum atomic E-state index is -0.0712. The first-order valence-corrected chi connectivity index (χ1v) is 11.7. The Kier molecular flexibility index (Phi) is 7.74. The molecule has 1 aromatic heterocycles. The van der Waals surface area contributed by atoms with E-state index in [1.807, 2.05) is 54.7 Å². The molecule has 0 aliphatic carbocycles. The van der Waals surface area contributed by atoms with Crippen molar-refractivity contribution in [2.24, 2.45) is 5.92 Å². The number of likely N-dealkylation sites (tertiary alicyclic amines) is 1. The van der Waals surface area contributed by atoms with Crippen LogP contribution in [0, 0.1) is 12.8 Å². The first-order valence-electron chi connectivity index (χ1n) is 11.7. The molecule has 1 amide bonds. The second-order valence-electron chi connectivity index (χ2n) is 8.84. The fourth-order valence-corrected chi connectivity index (χ4v) is 4.81. The Hall–Kier alpha value is -3.18. The number of nitrogens with one attached hydrogen (secondary N) is 1. The standard InChI is InChI=1S/C28H33N3O2/c1-21-9-8-12-24(28(21)33-2)20-31-17-14-23(15-18-31)27(25-13-6-7-16-29-25)30-26(32)19-22-10-4-3-5-11-22/h3-13,16,23,27H,14-15,17-20H2,1-2H3,(H,30,32)/t27-/m1/s1. The smallest absolute Gasteiger partial charge is 0.224 e. The summed E-state index contributed by atoms with van der Waals surface area (Å²) < 4.78 is 5.64. The average molecular weight is 444 g/mol. The molecule has 33 heavy (non-hydrogen) atoms. The minimum Gasteiger partial charge on any atom is -0.496 e. The number of nitrogens with zero attached hydrogens (tertiary/aromatic N) is 2. The molecule has 1 aliphatic rings. The first-order chi connectivity index (χ1) is 16.1. The number of para-hydroxylation sites is 1. The van der Waals surface area contributed by atoms with Crippen molar-refractivity contribution in [2.45, 2.75) is 38.8 Å². The second kappa shape index (κ2) is 11.1. The molecule has 0 saturated carbocycles. The first kappa shape index (κ1) is 23.0. The topological polar surface area (TPSA) is 54.5 Å². The number of carbonyl (C=O) groups is 1. The van der Waals surface area contributed by atoms with Crippen molar-refractivity contribution in [1.29, 1.82) is 0 Å². The Morgan fingerprint density at radius 2 is 1.82 bits per heavy atom. The molecule has 1 N–H and O–H groups in total. The van der Waals surface area contributed by atoms with Gasteiger partial charge in [0.25, 0.3) is 0 Å². The van der Waals surface area contributed by atoms with Crippen LogP contribution in [-0.2, 0) is 17.8 Å². The van der Waals surface area contributed by atoms with Crippen molar-refractivity contribution >= 4 is 5.91 Å². The summed E-state index contributed by atoms with van der Waals surface area (Å²) in [5, 5.41) is 3.30. The van der Waals surface area contributed by atoms with Crippen LogP contribution in [0.2, 0.25) is 0 Å². The Bertz CT molecular complexity index is 1030. The van der Waals surface area contributed by atoms with Crippen molar-refractivity contribution in [3.05, 3.63) is 95.3 Å². The monoisotopic (exact) mass is 443 g/mol. The number of methoxy groups -OCH3 is 1. The van der Waals surface area contributed by atoms with Crippen molar-refractivity contribution in [3.63, 3.8) is 0 Å². The maximum Gasteiger partial charge on any atom is 0.224 e. The van der Waals surface area contributed by atoms with E-state index < -0.39 is 0 Å². The van der Waals surface area contributed by atoms with Crippen LogP contribution >= 0.6 is 0 Å². The summed E-state index contributed by atoms with van der Waals surface area (Å²) in [6.45, 7) is 4.94. The number of piperidine rings is 1. The average Bonchev–Trinajstić information content (AvgIpc) is 2.84. The molecule has 0 radical (unpaired) electrons. The van der Waals surface area contributed by atoms with Crippen LogP contribution in [0.15, 0.2) is 72.9 Å². The molecule has 2 aromatic carbocycles. The van der Waals surface area contributed by atoms with E-state index in [1.165, 1.54) is 11.1 Å². The number of hydrogen-bond donors (Lipinski definition) is 1. The number of carbonyl (C=O) groups excluding carboxylic acids is 1. The van der Waals surface area contributed by atoms with Gasteiger partial charge in [0.1, 0.15) is 5.75 Å². The molecule has 172 valence electrons. The fourth-order valence-electron chi connectivity index (χ4n) is 4.81. The second-order valence-corrected chi connectivity index (χ2v) is 8.84. The van der Waals surface area contributed by atoms with E-state index in [0.717, 1.165) is 49.5 Å². The fraction of sp³-hybridized carbons (Fsp3) is 0.357. The van der Waals surface area contributed by atoms with Gasteiger partial charge in [0.05, 0.1) is 25.3 Å². The van der Waals surface area contributed by atoms with Gasteiger partial charge in [0.2, 0.25) is 5.91 Å². The van der Waals surface area contributed by atoms with Crippen LogP contribution in [0.25, 0.3) is 0 Å². The predicted molar refractivity (Wildman–Crippen MR) is 131 cm³/mol. The zero-order valence-electron chi connectivity index (χ0n) is 19.5. The van der Waals surface area contributed by atoms with Crippen LogP contribution in [0.5, 0.6) is 5.75 Å². The number of aromatic nitrogens is 1. The molecule has 3 aromatic rings. The lowest BCUT2D eigenvalue weighted by Crippen LogP contribution is -2.41. The lowest BCUT2D eigenvalue weighted by Gasteiger charge is -2.36. The van der Waals surface area contributed by atoms with Gasteiger partial charge in [-0.3, -0.25) is 14.7 Å². The quantitative estimate of drug-likeness (QED) is 0.548. The third-order valence-electron chi connectivity index (χ3n) is 6.53. The van der Waals surface area contributed by atoms with E-state index in [0.29, 0.717) is 12.3 Å². The van der Waals surface area contributed by atoms with Crippen molar-refractivity contribution in [3.8, 4) is 5.75 Å². The van der Waals surface area contributed by atoms with Gasteiger partial charge >= 0.3 is 0 Å². The number of rotatable bonds is 8. The van der Waals surface area contributed by atoms with Gasteiger partial charge in [-0.15, -0.1) is 0 Å². The molecule has 2 heterocycles. The van der Waals surface area contributed by atoms with E-state index in [-0.39, 0.29) is 11.9 Å². The van der Waals surface area contributed by atoms with Crippen LogP contribution in [-0.4, -0.2) is 36.0 Å². The Balaban J connectivity index is 1.41. The number of benzene rings is 2. The molecule has 1 saturated heterocycles. The maximum absolute atomic E-state index is 12.9. The number of ether oxygens (including phenoxy) is 1. The van der Waals surface area contributed by atoms with E-state index in [1.54, 1.807) is 7.11 Å². The molecule has 1 fully saturated rings. The van der Waals surface area contributed by atoms with Crippen LogP contribution in [0.4, 0.5) is 0 Å². The number of pyridine rings is 1. The molecular weight excluding hydrogens is 410 g/mol. The molecule has 1 atom stereocenters. The number of hydrogen-bond acceptors (Lipinski definition) is 4. The molecular formula is C28H33N3O2. The van der Waals surface area contributed by atoms with Gasteiger partial charge in [-0.2, -0.15) is 0 Å². The van der Waals surface area contributed by atoms with Crippen LogP contribution < -0.4 is 10.1 Å². The van der Waals surface area contributed by atoms with Crippen LogP contribution in [0.3, 0.4) is 0 Å². The van der Waals surface area contributed by atoms with Gasteiger partial charge in [-0.1, -0.05) is 54.6 Å². The molecule has 0 unspecified atom stereocenters. The zero-order chi connectivity index (χ0) is 23.0. The zero-order valence-corrected chi connectivity index (χ0v) is 19.5. The highest BCUT2D eigenvalue weighted by molar-refractivity contribution is 5.79. The molecule has 5 heteroatoms. The number of amides is 1. The van der Waals surface area contributed by atoms with Gasteiger partial charge in [0.15, 0.2) is 0 Å². The predicted octanol–water partition coefficient (Wildman–Crippen LogP) is 4.71. The highest BCUT2D eigenvalue weighted by atomic mass is 16.5. The van der Waals surface area contributed by atoms with Crippen molar-refractivity contribution < 1.29 is 9.53 Å². The van der Waals surface area contributed by atoms with E-state index >= 15 is 0 Å². The SMILES string of the molecule is COc1c(C)cccc1CN1CCC([C@@H](NC(=O)Cc2ccccc2)c2ccccn2)CC1. The summed E-state index contributed by atoms with van der Waals surface area (Å²) in [7, 11) is 1.74.